The molecule has 0 aromatic rings. The normalized spacial score (nSPS) is 7.25. The van der Waals surface area contributed by atoms with Gasteiger partial charge >= 0.3 is 69.5 Å². The zero-order valence-corrected chi connectivity index (χ0v) is 3.64. The Bertz CT molecular complexity index is 97.2. The van der Waals surface area contributed by atoms with Crippen LogP contribution in [0.4, 0.5) is 0 Å². The van der Waals surface area contributed by atoms with Crippen LogP contribution in [-0.2, 0) is 10.4 Å². The second-order valence-electron chi connectivity index (χ2n) is 0.448. The van der Waals surface area contributed by atoms with Gasteiger partial charge in [0.1, 0.15) is 0 Å². The fourth-order valence-electron chi connectivity index (χ4n) is 0. The van der Waals surface area contributed by atoms with Gasteiger partial charge in [0, 0.05) is 0 Å². The summed E-state index contributed by atoms with van der Waals surface area (Å²) >= 11 is 0. The molecule has 0 radical (unpaired) electrons. The Morgan fingerprint density at radius 3 is 1.00 bits per heavy atom. The molecule has 5 nitrogen and oxygen atoms in total. The van der Waals surface area contributed by atoms with Gasteiger partial charge in [0.15, 0.2) is 0 Å². The van der Waals surface area contributed by atoms with Crippen molar-refractivity contribution in [3.8, 4) is 0 Å². The Balaban J connectivity index is -0.0000000267. The summed E-state index contributed by atoms with van der Waals surface area (Å²) in [7, 11) is -4.67. The van der Waals surface area contributed by atoms with E-state index < -0.39 is 10.4 Å². The Labute approximate surface area is 92.0 Å². The summed E-state index contributed by atoms with van der Waals surface area (Å²) in [5.74, 6) is 0. The molecule has 0 unspecified atom stereocenters. The van der Waals surface area contributed by atoms with E-state index in [2.05, 4.69) is 0 Å². The molecule has 0 heterocycles. The monoisotopic (exact) mass is 163 g/mol. The van der Waals surface area contributed by atoms with E-state index in [-0.39, 0.29) is 65.3 Å². The van der Waals surface area contributed by atoms with Crippen LogP contribution >= 0.6 is 0 Å². The molecule has 0 aliphatic carbocycles. The molecule has 0 saturated carbocycles. The Hall–Kier alpha value is 1.83. The summed E-state index contributed by atoms with van der Waals surface area (Å²) in [6, 6.07) is 0. The molecule has 0 aromatic heterocycles. The van der Waals surface area contributed by atoms with Gasteiger partial charge in [-0.2, -0.15) is 8.42 Å². The van der Waals surface area contributed by atoms with Gasteiger partial charge in [-0.15, -0.1) is 0 Å². The van der Waals surface area contributed by atoms with Crippen molar-refractivity contribution in [1.82, 2.24) is 6.15 Å². The van der Waals surface area contributed by atoms with Gasteiger partial charge in [0.05, 0.1) is 0 Å². The van der Waals surface area contributed by atoms with Crippen LogP contribution in [0.5, 0.6) is 0 Å². The van der Waals surface area contributed by atoms with Gasteiger partial charge in [-0.25, -0.2) is 0 Å². The molecule has 0 aromatic carbocycles. The van der Waals surface area contributed by atoms with Gasteiger partial charge in [-0.05, 0) is 0 Å². The molecule has 0 fully saturated rings. The first-order valence-electron chi connectivity index (χ1n) is 0.698. The van der Waals surface area contributed by atoms with Crippen LogP contribution in [0.3, 0.4) is 0 Å². The first-order valence-corrected chi connectivity index (χ1v) is 2.10. The van der Waals surface area contributed by atoms with E-state index in [1.807, 2.05) is 0 Å². The first-order chi connectivity index (χ1) is 2.00. The van der Waals surface area contributed by atoms with Crippen LogP contribution in [-0.4, -0.2) is 76.6 Å². The summed E-state index contributed by atoms with van der Waals surface area (Å²) in [5, 5.41) is 0. The van der Waals surface area contributed by atoms with Crippen molar-refractivity contribution in [2.24, 2.45) is 0 Å². The third-order valence-corrected chi connectivity index (χ3v) is 0. The molecular formula is H7NNa2O4S. The maximum absolute atomic E-state index is 8.74. The summed E-state index contributed by atoms with van der Waals surface area (Å²) in [4.78, 5) is 0. The Kier molecular flexibility index (Phi) is 24.9. The van der Waals surface area contributed by atoms with Crippen molar-refractivity contribution in [1.29, 1.82) is 0 Å². The molecule has 44 valence electrons. The van der Waals surface area contributed by atoms with Crippen molar-refractivity contribution in [2.75, 3.05) is 0 Å². The molecular weight excluding hydrogens is 156 g/mol. The average Bonchev–Trinajstić information content (AvgIpc) is 0.722. The van der Waals surface area contributed by atoms with Crippen LogP contribution in [0.1, 0.15) is 0 Å². The zero-order chi connectivity index (χ0) is 4.50. The van der Waals surface area contributed by atoms with Crippen LogP contribution in [0.25, 0.3) is 0 Å². The number of hydrogen-bond acceptors (Lipinski definition) is 3. The summed E-state index contributed by atoms with van der Waals surface area (Å²) in [6.45, 7) is 0. The second kappa shape index (κ2) is 8.83. The van der Waals surface area contributed by atoms with Crippen LogP contribution < -0.4 is 6.15 Å². The standard InChI is InChI=1S/H3N.2Na.H2O4S.2H/c;;;1-5(2,3)4;;/h1H3;;;(H2,1,2,3,4);;. The van der Waals surface area contributed by atoms with E-state index in [1.54, 1.807) is 0 Å². The van der Waals surface area contributed by atoms with E-state index >= 15 is 0 Å². The fourth-order valence-corrected chi connectivity index (χ4v) is 0. The Morgan fingerprint density at radius 2 is 1.00 bits per heavy atom. The molecule has 0 aliphatic rings. The summed E-state index contributed by atoms with van der Waals surface area (Å²) in [6.07, 6.45) is 0. The van der Waals surface area contributed by atoms with Crippen molar-refractivity contribution < 1.29 is 17.5 Å². The van der Waals surface area contributed by atoms with Crippen LogP contribution in [0.15, 0.2) is 0 Å². The van der Waals surface area contributed by atoms with E-state index in [0.29, 0.717) is 0 Å². The SMILES string of the molecule is N.O=S(=O)(O)O.[NaH].[NaH]. The third kappa shape index (κ3) is 109. The van der Waals surface area contributed by atoms with Gasteiger partial charge < -0.3 is 6.15 Å². The van der Waals surface area contributed by atoms with Gasteiger partial charge in [-0.1, -0.05) is 0 Å². The van der Waals surface area contributed by atoms with Crippen LogP contribution in [0, 0.1) is 0 Å². The van der Waals surface area contributed by atoms with Gasteiger partial charge in [0.2, 0.25) is 0 Å². The molecule has 0 bridgehead atoms. The molecule has 0 aliphatic heterocycles. The quantitative estimate of drug-likeness (QED) is 0.288. The predicted molar refractivity (Wildman–Crippen MR) is 33.5 cm³/mol. The minimum atomic E-state index is -4.67. The molecule has 0 saturated heterocycles. The molecule has 5 N–H and O–H groups in total. The van der Waals surface area contributed by atoms with Crippen molar-refractivity contribution in [3.63, 3.8) is 0 Å². The fraction of sp³-hybridized carbons (Fsp3) is 0. The molecule has 8 heteroatoms. The molecule has 0 amide bonds. The number of rotatable bonds is 0. The summed E-state index contributed by atoms with van der Waals surface area (Å²) in [5.41, 5.74) is 0. The average molecular weight is 163 g/mol. The van der Waals surface area contributed by atoms with Crippen LogP contribution in [0.2, 0.25) is 0 Å². The molecule has 0 atom stereocenters. The third-order valence-electron chi connectivity index (χ3n) is 0. The molecule has 0 rings (SSSR count). The van der Waals surface area contributed by atoms with Crippen molar-refractivity contribution in [3.05, 3.63) is 0 Å². The van der Waals surface area contributed by atoms with Gasteiger partial charge in [0.25, 0.3) is 0 Å². The topological polar surface area (TPSA) is 110 Å². The predicted octanol–water partition coefficient (Wildman–Crippen LogP) is -1.79. The molecule has 0 spiro atoms. The minimum absolute atomic E-state index is 0. The van der Waals surface area contributed by atoms with E-state index in [0.717, 1.165) is 0 Å². The van der Waals surface area contributed by atoms with E-state index in [9.17, 15) is 0 Å². The first kappa shape index (κ1) is 22.5. The van der Waals surface area contributed by atoms with E-state index in [4.69, 9.17) is 17.5 Å². The second-order valence-corrected chi connectivity index (χ2v) is 1.34. The van der Waals surface area contributed by atoms with E-state index in [1.165, 1.54) is 0 Å². The summed E-state index contributed by atoms with van der Waals surface area (Å²) < 4.78 is 31.6. The molecule has 8 heavy (non-hydrogen) atoms. The van der Waals surface area contributed by atoms with Crippen molar-refractivity contribution >= 4 is 69.5 Å². The van der Waals surface area contributed by atoms with Gasteiger partial charge in [-0.3, -0.25) is 9.11 Å². The number of hydrogen-bond donors (Lipinski definition) is 3. The zero-order valence-electron chi connectivity index (χ0n) is 2.83. The maximum atomic E-state index is 8.74. The van der Waals surface area contributed by atoms with Crippen molar-refractivity contribution in [2.45, 2.75) is 0 Å². The Morgan fingerprint density at radius 1 is 1.00 bits per heavy atom.